The lowest BCUT2D eigenvalue weighted by Gasteiger charge is -2.15. The van der Waals surface area contributed by atoms with Gasteiger partial charge >= 0.3 is 0 Å². The number of amides is 1. The molecule has 2 N–H and O–H groups in total. The third-order valence-electron chi connectivity index (χ3n) is 1.92. The number of methoxy groups -OCH3 is 1. The second-order valence-corrected chi connectivity index (χ2v) is 3.83. The molecule has 1 aromatic carbocycles. The molecular formula is C12H18N2O2. The van der Waals surface area contributed by atoms with E-state index in [0.29, 0.717) is 6.04 Å². The highest BCUT2D eigenvalue weighted by atomic mass is 16.5. The smallest absolute Gasteiger partial charge is 0.250 e. The predicted molar refractivity (Wildman–Crippen MR) is 65.7 cm³/mol. The molecule has 0 aromatic heterocycles. The van der Waals surface area contributed by atoms with E-state index in [0.717, 1.165) is 11.4 Å². The van der Waals surface area contributed by atoms with Crippen LogP contribution in [0.3, 0.4) is 0 Å². The third kappa shape index (κ3) is 3.90. The number of carbonyl (C=O) groups excluding carboxylic acids is 1. The molecule has 0 atom stereocenters. The summed E-state index contributed by atoms with van der Waals surface area (Å²) in [5, 5.41) is 6.06. The Hall–Kier alpha value is -1.55. The zero-order chi connectivity index (χ0) is 12.0. The van der Waals surface area contributed by atoms with Crippen LogP contribution in [0.5, 0.6) is 0 Å². The van der Waals surface area contributed by atoms with Crippen LogP contribution in [0, 0.1) is 0 Å². The SMILES string of the molecule is COCC(=O)Nc1ccccc1NC(C)C. The Kier molecular flexibility index (Phi) is 4.79. The molecule has 4 heteroatoms. The van der Waals surface area contributed by atoms with E-state index in [1.54, 1.807) is 0 Å². The van der Waals surface area contributed by atoms with Gasteiger partial charge in [0.1, 0.15) is 6.61 Å². The number of hydrogen-bond acceptors (Lipinski definition) is 3. The van der Waals surface area contributed by atoms with Gasteiger partial charge in [-0.25, -0.2) is 0 Å². The summed E-state index contributed by atoms with van der Waals surface area (Å²) in [7, 11) is 1.50. The molecular weight excluding hydrogens is 204 g/mol. The summed E-state index contributed by atoms with van der Waals surface area (Å²) in [6.07, 6.45) is 0. The van der Waals surface area contributed by atoms with Crippen molar-refractivity contribution in [3.63, 3.8) is 0 Å². The van der Waals surface area contributed by atoms with Crippen LogP contribution < -0.4 is 10.6 Å². The molecule has 0 saturated heterocycles. The average Bonchev–Trinajstić information content (AvgIpc) is 2.20. The number of para-hydroxylation sites is 2. The minimum atomic E-state index is -0.152. The third-order valence-corrected chi connectivity index (χ3v) is 1.92. The van der Waals surface area contributed by atoms with Crippen LogP contribution in [0.15, 0.2) is 24.3 Å². The van der Waals surface area contributed by atoms with Gasteiger partial charge in [0.2, 0.25) is 5.91 Å². The number of hydrogen-bond donors (Lipinski definition) is 2. The topological polar surface area (TPSA) is 50.4 Å². The zero-order valence-electron chi connectivity index (χ0n) is 9.91. The fourth-order valence-electron chi connectivity index (χ4n) is 1.35. The fraction of sp³-hybridized carbons (Fsp3) is 0.417. The first kappa shape index (κ1) is 12.5. The first-order valence-electron chi connectivity index (χ1n) is 5.28. The van der Waals surface area contributed by atoms with Gasteiger partial charge in [0, 0.05) is 13.2 Å². The summed E-state index contributed by atoms with van der Waals surface area (Å²) >= 11 is 0. The molecule has 1 rings (SSSR count). The molecule has 16 heavy (non-hydrogen) atoms. The fourth-order valence-corrected chi connectivity index (χ4v) is 1.35. The summed E-state index contributed by atoms with van der Waals surface area (Å²) in [6, 6.07) is 7.92. The molecule has 4 nitrogen and oxygen atoms in total. The van der Waals surface area contributed by atoms with E-state index in [4.69, 9.17) is 4.74 Å². The summed E-state index contributed by atoms with van der Waals surface area (Å²) in [5.41, 5.74) is 1.69. The summed E-state index contributed by atoms with van der Waals surface area (Å²) < 4.78 is 4.76. The van der Waals surface area contributed by atoms with Crippen molar-refractivity contribution in [2.45, 2.75) is 19.9 Å². The highest BCUT2D eigenvalue weighted by Gasteiger charge is 2.06. The monoisotopic (exact) mass is 222 g/mol. The van der Waals surface area contributed by atoms with Crippen molar-refractivity contribution in [2.24, 2.45) is 0 Å². The van der Waals surface area contributed by atoms with Gasteiger partial charge in [0.25, 0.3) is 0 Å². The standard InChI is InChI=1S/C12H18N2O2/c1-9(2)13-10-6-4-5-7-11(10)14-12(15)8-16-3/h4-7,9,13H,8H2,1-3H3,(H,14,15). The van der Waals surface area contributed by atoms with Crippen molar-refractivity contribution in [1.82, 2.24) is 0 Å². The molecule has 0 unspecified atom stereocenters. The van der Waals surface area contributed by atoms with Crippen molar-refractivity contribution in [3.8, 4) is 0 Å². The van der Waals surface area contributed by atoms with Crippen molar-refractivity contribution >= 4 is 17.3 Å². The number of ether oxygens (including phenoxy) is 1. The normalized spacial score (nSPS) is 10.2. The van der Waals surface area contributed by atoms with Gasteiger partial charge in [-0.05, 0) is 26.0 Å². The van der Waals surface area contributed by atoms with Gasteiger partial charge in [-0.1, -0.05) is 12.1 Å². The first-order chi connectivity index (χ1) is 7.63. The van der Waals surface area contributed by atoms with E-state index in [9.17, 15) is 4.79 Å². The highest BCUT2D eigenvalue weighted by molar-refractivity contribution is 5.95. The van der Waals surface area contributed by atoms with Crippen LogP contribution >= 0.6 is 0 Å². The van der Waals surface area contributed by atoms with Gasteiger partial charge in [-0.3, -0.25) is 4.79 Å². The second-order valence-electron chi connectivity index (χ2n) is 3.83. The number of anilines is 2. The molecule has 0 saturated carbocycles. The lowest BCUT2D eigenvalue weighted by molar-refractivity contribution is -0.119. The van der Waals surface area contributed by atoms with Crippen molar-refractivity contribution in [1.29, 1.82) is 0 Å². The molecule has 0 aliphatic rings. The number of carbonyl (C=O) groups is 1. The van der Waals surface area contributed by atoms with Crippen molar-refractivity contribution in [2.75, 3.05) is 24.4 Å². The molecule has 88 valence electrons. The molecule has 0 spiro atoms. The molecule has 1 aromatic rings. The molecule has 1 amide bonds. The zero-order valence-corrected chi connectivity index (χ0v) is 9.91. The van der Waals surface area contributed by atoms with Crippen LogP contribution in [0.25, 0.3) is 0 Å². The predicted octanol–water partition coefficient (Wildman–Crippen LogP) is 2.09. The van der Waals surface area contributed by atoms with Gasteiger partial charge in [0.05, 0.1) is 11.4 Å². The van der Waals surface area contributed by atoms with Crippen LogP contribution in [-0.2, 0) is 9.53 Å². The van der Waals surface area contributed by atoms with E-state index in [1.807, 2.05) is 38.1 Å². The minimum Gasteiger partial charge on any atom is -0.381 e. The lowest BCUT2D eigenvalue weighted by atomic mass is 10.2. The van der Waals surface area contributed by atoms with Crippen LogP contribution in [-0.4, -0.2) is 25.7 Å². The largest absolute Gasteiger partial charge is 0.381 e. The maximum Gasteiger partial charge on any atom is 0.250 e. The van der Waals surface area contributed by atoms with Crippen molar-refractivity contribution in [3.05, 3.63) is 24.3 Å². The van der Waals surface area contributed by atoms with Gasteiger partial charge in [-0.15, -0.1) is 0 Å². The number of nitrogens with one attached hydrogen (secondary N) is 2. The van der Waals surface area contributed by atoms with E-state index in [2.05, 4.69) is 10.6 Å². The van der Waals surface area contributed by atoms with Gasteiger partial charge in [0.15, 0.2) is 0 Å². The van der Waals surface area contributed by atoms with Crippen LogP contribution in [0.2, 0.25) is 0 Å². The number of rotatable bonds is 5. The van der Waals surface area contributed by atoms with Crippen molar-refractivity contribution < 1.29 is 9.53 Å². The molecule has 0 heterocycles. The van der Waals surface area contributed by atoms with E-state index >= 15 is 0 Å². The van der Waals surface area contributed by atoms with E-state index in [1.165, 1.54) is 7.11 Å². The second kappa shape index (κ2) is 6.12. The molecule has 0 fully saturated rings. The van der Waals surface area contributed by atoms with Gasteiger partial charge in [-0.2, -0.15) is 0 Å². The molecule has 0 aliphatic carbocycles. The Balaban J connectivity index is 2.74. The Labute approximate surface area is 96.0 Å². The quantitative estimate of drug-likeness (QED) is 0.802. The Bertz CT molecular complexity index is 351. The first-order valence-corrected chi connectivity index (χ1v) is 5.28. The highest BCUT2D eigenvalue weighted by Crippen LogP contribution is 2.21. The maximum atomic E-state index is 11.4. The molecule has 0 aliphatic heterocycles. The van der Waals surface area contributed by atoms with Crippen LogP contribution in [0.1, 0.15) is 13.8 Å². The van der Waals surface area contributed by atoms with E-state index < -0.39 is 0 Å². The summed E-state index contributed by atoms with van der Waals surface area (Å²) in [6.45, 7) is 4.16. The summed E-state index contributed by atoms with van der Waals surface area (Å²) in [4.78, 5) is 11.4. The molecule has 0 radical (unpaired) electrons. The Morgan fingerprint density at radius 2 is 1.94 bits per heavy atom. The van der Waals surface area contributed by atoms with Gasteiger partial charge < -0.3 is 15.4 Å². The minimum absolute atomic E-state index is 0.0655. The molecule has 0 bridgehead atoms. The Morgan fingerprint density at radius 3 is 2.50 bits per heavy atom. The average molecular weight is 222 g/mol. The lowest BCUT2D eigenvalue weighted by Crippen LogP contribution is -2.19. The maximum absolute atomic E-state index is 11.4. The van der Waals surface area contributed by atoms with Crippen LogP contribution in [0.4, 0.5) is 11.4 Å². The number of benzene rings is 1. The van der Waals surface area contributed by atoms with E-state index in [-0.39, 0.29) is 12.5 Å². The Morgan fingerprint density at radius 1 is 1.31 bits per heavy atom. The summed E-state index contributed by atoms with van der Waals surface area (Å²) in [5.74, 6) is -0.152.